The van der Waals surface area contributed by atoms with E-state index in [-0.39, 0.29) is 17.7 Å². The molecule has 1 aromatic heterocycles. The molecule has 2 amide bonds. The Morgan fingerprint density at radius 3 is 2.70 bits per heavy atom. The molecule has 1 unspecified atom stereocenters. The van der Waals surface area contributed by atoms with Gasteiger partial charge in [-0.15, -0.1) is 0 Å². The van der Waals surface area contributed by atoms with Crippen molar-refractivity contribution in [1.82, 2.24) is 4.90 Å². The molecule has 0 radical (unpaired) electrons. The molecule has 0 aliphatic carbocycles. The summed E-state index contributed by atoms with van der Waals surface area (Å²) in [5.74, 6) is 1.10. The van der Waals surface area contributed by atoms with Gasteiger partial charge in [0.1, 0.15) is 11.5 Å². The van der Waals surface area contributed by atoms with E-state index in [1.807, 2.05) is 36.4 Å². The zero-order chi connectivity index (χ0) is 19.4. The topological polar surface area (TPSA) is 81.0 Å². The maximum absolute atomic E-state index is 12.5. The third kappa shape index (κ3) is 5.11. The highest BCUT2D eigenvalue weighted by atomic mass is 35.5. The second kappa shape index (κ2) is 8.59. The van der Waals surface area contributed by atoms with Crippen molar-refractivity contribution in [3.05, 3.63) is 47.2 Å². The summed E-state index contributed by atoms with van der Waals surface area (Å²) in [6, 6.07) is 11.2. The van der Waals surface area contributed by atoms with Crippen LogP contribution in [0.5, 0.6) is 0 Å². The summed E-state index contributed by atoms with van der Waals surface area (Å²) in [6.45, 7) is 2.30. The molecule has 1 saturated heterocycles. The Morgan fingerprint density at radius 2 is 2.00 bits per heavy atom. The molecular formula is C20H25ClN3O3+. The zero-order valence-corrected chi connectivity index (χ0v) is 16.2. The lowest BCUT2D eigenvalue weighted by molar-refractivity contribution is -0.899. The average molecular weight is 391 g/mol. The molecule has 7 heteroatoms. The molecule has 3 rings (SSSR count). The number of nitrogens with one attached hydrogen (secondary N) is 1. The fourth-order valence-corrected chi connectivity index (χ4v) is 3.58. The summed E-state index contributed by atoms with van der Waals surface area (Å²) in [6.07, 6.45) is 1.74. The van der Waals surface area contributed by atoms with Gasteiger partial charge in [-0.25, -0.2) is 0 Å². The molecule has 6 nitrogen and oxygen atoms in total. The Morgan fingerprint density at radius 1 is 1.26 bits per heavy atom. The van der Waals surface area contributed by atoms with Gasteiger partial charge >= 0.3 is 0 Å². The summed E-state index contributed by atoms with van der Waals surface area (Å²) < 4.78 is 5.86. The van der Waals surface area contributed by atoms with E-state index in [2.05, 4.69) is 0 Å². The molecule has 1 aromatic carbocycles. The number of furan rings is 1. The molecule has 1 aliphatic heterocycles. The summed E-state index contributed by atoms with van der Waals surface area (Å²) in [7, 11) is 1.77. The van der Waals surface area contributed by atoms with Crippen LogP contribution in [0, 0.1) is 5.92 Å². The number of nitrogens with two attached hydrogens (primary N) is 1. The van der Waals surface area contributed by atoms with E-state index in [1.54, 1.807) is 11.9 Å². The van der Waals surface area contributed by atoms with Crippen molar-refractivity contribution in [3.8, 4) is 11.3 Å². The fourth-order valence-electron chi connectivity index (χ4n) is 3.46. The molecule has 0 saturated carbocycles. The third-order valence-electron chi connectivity index (χ3n) is 5.03. The van der Waals surface area contributed by atoms with E-state index in [1.165, 1.54) is 0 Å². The van der Waals surface area contributed by atoms with E-state index < -0.39 is 0 Å². The third-order valence-corrected chi connectivity index (χ3v) is 5.28. The van der Waals surface area contributed by atoms with Crippen LogP contribution in [0.25, 0.3) is 11.3 Å². The Bertz CT molecular complexity index is 803. The first-order chi connectivity index (χ1) is 12.9. The first-order valence-electron chi connectivity index (χ1n) is 9.14. The number of quaternary nitrogens is 1. The van der Waals surface area contributed by atoms with E-state index in [4.69, 9.17) is 21.8 Å². The number of rotatable bonds is 6. The molecule has 144 valence electrons. The first kappa shape index (κ1) is 19.5. The number of hydrogen-bond acceptors (Lipinski definition) is 3. The van der Waals surface area contributed by atoms with Crippen LogP contribution in [-0.4, -0.2) is 43.4 Å². The Hall–Kier alpha value is -2.31. The Labute approximate surface area is 163 Å². The van der Waals surface area contributed by atoms with Gasteiger partial charge in [-0.1, -0.05) is 11.6 Å². The van der Waals surface area contributed by atoms with Gasteiger partial charge in [-0.05, 0) is 49.2 Å². The number of nitrogens with zero attached hydrogens (tertiary/aromatic N) is 1. The summed E-state index contributed by atoms with van der Waals surface area (Å²) in [4.78, 5) is 26.7. The van der Waals surface area contributed by atoms with Crippen LogP contribution in [-0.2, 0) is 16.1 Å². The van der Waals surface area contributed by atoms with Crippen molar-refractivity contribution in [2.45, 2.75) is 19.4 Å². The monoisotopic (exact) mass is 390 g/mol. The minimum Gasteiger partial charge on any atom is -0.459 e. The average Bonchev–Trinajstić information content (AvgIpc) is 3.11. The molecular weight excluding hydrogens is 366 g/mol. The van der Waals surface area contributed by atoms with Gasteiger partial charge in [0, 0.05) is 17.6 Å². The molecule has 1 aliphatic rings. The van der Waals surface area contributed by atoms with Crippen LogP contribution in [0.4, 0.5) is 0 Å². The maximum atomic E-state index is 12.5. The van der Waals surface area contributed by atoms with Crippen molar-refractivity contribution >= 4 is 23.4 Å². The van der Waals surface area contributed by atoms with Gasteiger partial charge in [0.2, 0.25) is 5.91 Å². The fraction of sp³-hybridized carbons (Fsp3) is 0.400. The lowest BCUT2D eigenvalue weighted by Gasteiger charge is -2.29. The predicted molar refractivity (Wildman–Crippen MR) is 103 cm³/mol. The lowest BCUT2D eigenvalue weighted by Crippen LogP contribution is -3.14. The highest BCUT2D eigenvalue weighted by molar-refractivity contribution is 6.30. The molecule has 2 heterocycles. The molecule has 27 heavy (non-hydrogen) atoms. The van der Waals surface area contributed by atoms with Gasteiger partial charge in [0.25, 0.3) is 5.91 Å². The highest BCUT2D eigenvalue weighted by Gasteiger charge is 2.29. The largest absolute Gasteiger partial charge is 0.459 e. The summed E-state index contributed by atoms with van der Waals surface area (Å²) >= 11 is 5.91. The molecule has 2 atom stereocenters. The number of carbonyl (C=O) groups excluding carboxylic acids is 2. The molecule has 3 N–H and O–H groups in total. The van der Waals surface area contributed by atoms with Crippen LogP contribution < -0.4 is 10.6 Å². The SMILES string of the molecule is CN(Cc1ccc(-c2ccc(Cl)cc2)o1)C(=O)C[NH+]1CCC[C@H](C(N)=O)C1. The van der Waals surface area contributed by atoms with Crippen molar-refractivity contribution in [2.75, 3.05) is 26.7 Å². The number of benzene rings is 1. The Kier molecular flexibility index (Phi) is 6.19. The van der Waals surface area contributed by atoms with E-state index in [9.17, 15) is 9.59 Å². The van der Waals surface area contributed by atoms with E-state index in [0.29, 0.717) is 24.7 Å². The number of carbonyl (C=O) groups is 2. The van der Waals surface area contributed by atoms with Crippen LogP contribution in [0.1, 0.15) is 18.6 Å². The van der Waals surface area contributed by atoms with Crippen LogP contribution >= 0.6 is 11.6 Å². The number of likely N-dealkylation sites (N-methyl/N-ethyl adjacent to an activating group) is 1. The lowest BCUT2D eigenvalue weighted by atomic mass is 9.97. The Balaban J connectivity index is 1.55. The van der Waals surface area contributed by atoms with E-state index >= 15 is 0 Å². The van der Waals surface area contributed by atoms with Gasteiger partial charge in [0.15, 0.2) is 6.54 Å². The molecule has 2 aromatic rings. The maximum Gasteiger partial charge on any atom is 0.277 e. The molecule has 0 spiro atoms. The van der Waals surface area contributed by atoms with Crippen molar-refractivity contribution in [2.24, 2.45) is 11.7 Å². The smallest absolute Gasteiger partial charge is 0.277 e. The van der Waals surface area contributed by atoms with Gasteiger partial charge in [0.05, 0.1) is 25.6 Å². The molecule has 1 fully saturated rings. The second-order valence-electron chi connectivity index (χ2n) is 7.15. The predicted octanol–water partition coefficient (Wildman–Crippen LogP) is 1.34. The van der Waals surface area contributed by atoms with E-state index in [0.717, 1.165) is 41.4 Å². The van der Waals surface area contributed by atoms with Gasteiger partial charge in [-0.2, -0.15) is 0 Å². The number of likely N-dealkylation sites (tertiary alicyclic amines) is 1. The number of amides is 2. The van der Waals surface area contributed by atoms with Crippen LogP contribution in [0.2, 0.25) is 5.02 Å². The minimum absolute atomic E-state index is 0.0274. The van der Waals surface area contributed by atoms with Gasteiger partial charge in [-0.3, -0.25) is 9.59 Å². The standard InChI is InChI=1S/C20H24ClN3O3/c1-23(19(25)13-24-10-2-3-15(11-24)20(22)26)12-17-8-9-18(27-17)14-4-6-16(21)7-5-14/h4-9,15H,2-3,10-13H2,1H3,(H2,22,26)/p+1/t15-/m0/s1. The quantitative estimate of drug-likeness (QED) is 0.781. The van der Waals surface area contributed by atoms with Gasteiger partial charge < -0.3 is 20.0 Å². The molecule has 0 bridgehead atoms. The number of piperidine rings is 1. The van der Waals surface area contributed by atoms with Crippen molar-refractivity contribution in [3.63, 3.8) is 0 Å². The van der Waals surface area contributed by atoms with Crippen molar-refractivity contribution in [1.29, 1.82) is 0 Å². The van der Waals surface area contributed by atoms with Crippen molar-refractivity contribution < 1.29 is 18.9 Å². The minimum atomic E-state index is -0.265. The van der Waals surface area contributed by atoms with Crippen LogP contribution in [0.3, 0.4) is 0 Å². The zero-order valence-electron chi connectivity index (χ0n) is 15.4. The second-order valence-corrected chi connectivity index (χ2v) is 7.58. The number of primary amides is 1. The number of hydrogen-bond donors (Lipinski definition) is 2. The normalized spacial score (nSPS) is 19.6. The first-order valence-corrected chi connectivity index (χ1v) is 9.51. The number of halogens is 1. The summed E-state index contributed by atoms with van der Waals surface area (Å²) in [5.41, 5.74) is 6.35. The summed E-state index contributed by atoms with van der Waals surface area (Å²) in [5, 5.41) is 0.676. The van der Waals surface area contributed by atoms with Crippen LogP contribution in [0.15, 0.2) is 40.8 Å². The highest BCUT2D eigenvalue weighted by Crippen LogP contribution is 2.24.